The van der Waals surface area contributed by atoms with E-state index in [1.165, 1.54) is 0 Å². The van der Waals surface area contributed by atoms with Crippen LogP contribution in [0.3, 0.4) is 0 Å². The molecule has 0 spiro atoms. The summed E-state index contributed by atoms with van der Waals surface area (Å²) in [6.07, 6.45) is 0.749. The molecule has 0 aliphatic carbocycles. The number of aryl methyl sites for hydroxylation is 2. The molecular weight excluding hydrogens is 374 g/mol. The van der Waals surface area contributed by atoms with E-state index in [1.807, 2.05) is 44.2 Å². The lowest BCUT2D eigenvalue weighted by atomic mass is 10.0. The smallest absolute Gasteiger partial charge is 0.278 e. The number of amides is 1. The minimum atomic E-state index is -0.343. The van der Waals surface area contributed by atoms with E-state index in [2.05, 4.69) is 20.6 Å². The van der Waals surface area contributed by atoms with Gasteiger partial charge in [-0.3, -0.25) is 4.79 Å². The number of hydrogen-bond donors (Lipinski definition) is 1. The van der Waals surface area contributed by atoms with Gasteiger partial charge in [-0.25, -0.2) is 4.52 Å². The van der Waals surface area contributed by atoms with Crippen LogP contribution in [-0.2, 0) is 6.42 Å². The molecule has 0 atom stereocenters. The number of carbonyl (C=O) groups excluding carboxylic acids is 1. The van der Waals surface area contributed by atoms with E-state index in [0.717, 1.165) is 23.2 Å². The quantitative estimate of drug-likeness (QED) is 0.553. The zero-order valence-corrected chi connectivity index (χ0v) is 16.2. The third-order valence-electron chi connectivity index (χ3n) is 4.55. The van der Waals surface area contributed by atoms with Gasteiger partial charge in [0.2, 0.25) is 0 Å². The fourth-order valence-corrected chi connectivity index (χ4v) is 3.26. The van der Waals surface area contributed by atoms with Gasteiger partial charge in [0, 0.05) is 10.7 Å². The molecule has 0 radical (unpaired) electrons. The first-order valence-electron chi connectivity index (χ1n) is 8.95. The molecule has 1 amide bonds. The Balaban J connectivity index is 1.77. The van der Waals surface area contributed by atoms with Crippen molar-refractivity contribution < 1.29 is 4.79 Å². The molecule has 140 valence electrons. The van der Waals surface area contributed by atoms with Crippen LogP contribution in [0.2, 0.25) is 5.02 Å². The number of carbonyl (C=O) groups is 1. The highest BCUT2D eigenvalue weighted by Gasteiger charge is 2.21. The summed E-state index contributed by atoms with van der Waals surface area (Å²) in [6, 6.07) is 16.9. The van der Waals surface area contributed by atoms with Gasteiger partial charge >= 0.3 is 0 Å². The molecule has 2 aromatic heterocycles. The predicted molar refractivity (Wildman–Crippen MR) is 110 cm³/mol. The van der Waals surface area contributed by atoms with E-state index in [4.69, 9.17) is 11.6 Å². The highest BCUT2D eigenvalue weighted by Crippen LogP contribution is 2.28. The van der Waals surface area contributed by atoms with Crippen LogP contribution in [0.1, 0.15) is 28.8 Å². The van der Waals surface area contributed by atoms with Crippen molar-refractivity contribution in [1.82, 2.24) is 19.8 Å². The molecule has 0 saturated heterocycles. The number of anilines is 1. The van der Waals surface area contributed by atoms with Crippen molar-refractivity contribution in [1.29, 1.82) is 0 Å². The van der Waals surface area contributed by atoms with Crippen molar-refractivity contribution in [3.63, 3.8) is 0 Å². The number of aromatic nitrogens is 4. The molecule has 28 heavy (non-hydrogen) atoms. The normalized spacial score (nSPS) is 11.0. The molecule has 7 heteroatoms. The van der Waals surface area contributed by atoms with Crippen LogP contribution in [0.25, 0.3) is 16.8 Å². The van der Waals surface area contributed by atoms with Crippen LogP contribution in [0, 0.1) is 6.92 Å². The van der Waals surface area contributed by atoms with Gasteiger partial charge in [-0.2, -0.15) is 5.10 Å². The monoisotopic (exact) mass is 391 g/mol. The summed E-state index contributed by atoms with van der Waals surface area (Å²) in [4.78, 5) is 12.7. The molecule has 6 nitrogen and oxygen atoms in total. The van der Waals surface area contributed by atoms with E-state index in [9.17, 15) is 4.79 Å². The molecule has 4 rings (SSSR count). The van der Waals surface area contributed by atoms with Crippen molar-refractivity contribution in [2.75, 3.05) is 5.32 Å². The zero-order valence-electron chi connectivity index (χ0n) is 15.5. The Labute approximate surface area is 167 Å². The lowest BCUT2D eigenvalue weighted by Crippen LogP contribution is -2.18. The zero-order chi connectivity index (χ0) is 19.7. The predicted octanol–water partition coefficient (Wildman–Crippen LogP) is 4.57. The van der Waals surface area contributed by atoms with Gasteiger partial charge in [0.25, 0.3) is 5.91 Å². The third kappa shape index (κ3) is 3.23. The minimum absolute atomic E-state index is 0.229. The van der Waals surface area contributed by atoms with Crippen molar-refractivity contribution >= 4 is 28.8 Å². The number of hydrogen-bond acceptors (Lipinski definition) is 4. The standard InChI is InChI=1S/C21H18ClN5O/c1-3-17-18(14-7-5-4-6-8-14)20-25-24-19(13(2)27(20)26-17)21(28)23-16-11-9-15(22)10-12-16/h4-12H,3H2,1-2H3,(H,23,28). The molecule has 0 fully saturated rings. The molecule has 0 aliphatic heterocycles. The van der Waals surface area contributed by atoms with Crippen LogP contribution >= 0.6 is 11.6 Å². The Bertz CT molecular complexity index is 1150. The van der Waals surface area contributed by atoms with Crippen molar-refractivity contribution in [2.45, 2.75) is 20.3 Å². The lowest BCUT2D eigenvalue weighted by Gasteiger charge is -2.08. The van der Waals surface area contributed by atoms with Crippen LogP contribution < -0.4 is 5.32 Å². The second-order valence-electron chi connectivity index (χ2n) is 6.37. The Morgan fingerprint density at radius 2 is 1.79 bits per heavy atom. The van der Waals surface area contributed by atoms with E-state index in [1.54, 1.807) is 28.8 Å². The Morgan fingerprint density at radius 3 is 2.46 bits per heavy atom. The molecule has 0 saturated carbocycles. The summed E-state index contributed by atoms with van der Waals surface area (Å²) in [5.41, 5.74) is 5.03. The van der Waals surface area contributed by atoms with E-state index in [-0.39, 0.29) is 11.6 Å². The minimum Gasteiger partial charge on any atom is -0.321 e. The summed E-state index contributed by atoms with van der Waals surface area (Å²) in [7, 11) is 0. The average Bonchev–Trinajstić information content (AvgIpc) is 3.10. The molecule has 1 N–H and O–H groups in total. The summed E-state index contributed by atoms with van der Waals surface area (Å²) in [5, 5.41) is 16.6. The Kier molecular flexibility index (Phi) is 4.79. The topological polar surface area (TPSA) is 72.2 Å². The van der Waals surface area contributed by atoms with Crippen molar-refractivity contribution in [3.8, 4) is 11.1 Å². The fourth-order valence-electron chi connectivity index (χ4n) is 3.13. The summed E-state index contributed by atoms with van der Waals surface area (Å²) in [5.74, 6) is -0.343. The van der Waals surface area contributed by atoms with Crippen LogP contribution in [0.15, 0.2) is 54.6 Å². The first kappa shape index (κ1) is 18.1. The molecule has 0 unspecified atom stereocenters. The maximum atomic E-state index is 12.7. The van der Waals surface area contributed by atoms with Crippen LogP contribution in [-0.4, -0.2) is 25.7 Å². The van der Waals surface area contributed by atoms with Crippen LogP contribution in [0.4, 0.5) is 5.69 Å². The number of benzene rings is 2. The molecule has 4 aromatic rings. The van der Waals surface area contributed by atoms with E-state index >= 15 is 0 Å². The molecule has 0 aliphatic rings. The maximum absolute atomic E-state index is 12.7. The average molecular weight is 392 g/mol. The van der Waals surface area contributed by atoms with Gasteiger partial charge in [0.05, 0.1) is 17.0 Å². The third-order valence-corrected chi connectivity index (χ3v) is 4.81. The highest BCUT2D eigenvalue weighted by atomic mass is 35.5. The second-order valence-corrected chi connectivity index (χ2v) is 6.81. The second kappa shape index (κ2) is 7.40. The van der Waals surface area contributed by atoms with E-state index < -0.39 is 0 Å². The Morgan fingerprint density at radius 1 is 1.07 bits per heavy atom. The summed E-state index contributed by atoms with van der Waals surface area (Å²) in [6.45, 7) is 3.87. The van der Waals surface area contributed by atoms with Crippen molar-refractivity contribution in [3.05, 3.63) is 76.7 Å². The number of halogens is 1. The Hall–Kier alpha value is -3.25. The van der Waals surface area contributed by atoms with E-state index in [0.29, 0.717) is 22.1 Å². The highest BCUT2D eigenvalue weighted by molar-refractivity contribution is 6.30. The molecular formula is C21H18ClN5O. The first-order chi connectivity index (χ1) is 13.6. The number of fused-ring (bicyclic) bond motifs is 1. The summed E-state index contributed by atoms with van der Waals surface area (Å²) < 4.78 is 1.70. The van der Waals surface area contributed by atoms with Gasteiger partial charge < -0.3 is 5.32 Å². The molecule has 2 aromatic carbocycles. The van der Waals surface area contributed by atoms with Gasteiger partial charge in [-0.1, -0.05) is 48.9 Å². The fraction of sp³-hybridized carbons (Fsp3) is 0.143. The van der Waals surface area contributed by atoms with Gasteiger partial charge in [-0.05, 0) is 43.2 Å². The SMILES string of the molecule is CCc1nn2c(C)c(C(=O)Nc3ccc(Cl)cc3)nnc2c1-c1ccccc1. The summed E-state index contributed by atoms with van der Waals surface area (Å²) >= 11 is 5.89. The first-order valence-corrected chi connectivity index (χ1v) is 9.33. The molecule has 0 bridgehead atoms. The van der Waals surface area contributed by atoms with Gasteiger partial charge in [-0.15, -0.1) is 10.2 Å². The van der Waals surface area contributed by atoms with Crippen molar-refractivity contribution in [2.24, 2.45) is 0 Å². The number of rotatable bonds is 4. The van der Waals surface area contributed by atoms with Gasteiger partial charge in [0.15, 0.2) is 11.3 Å². The molecule has 2 heterocycles. The maximum Gasteiger partial charge on any atom is 0.278 e. The van der Waals surface area contributed by atoms with Gasteiger partial charge in [0.1, 0.15) is 0 Å². The lowest BCUT2D eigenvalue weighted by molar-refractivity contribution is 0.102. The number of nitrogens with zero attached hydrogens (tertiary/aromatic N) is 4. The largest absolute Gasteiger partial charge is 0.321 e. The van der Waals surface area contributed by atoms with Crippen LogP contribution in [0.5, 0.6) is 0 Å². The number of nitrogens with one attached hydrogen (secondary N) is 1.